The molecule has 2 unspecified atom stereocenters. The van der Waals surface area contributed by atoms with Crippen LogP contribution in [0.4, 0.5) is 0 Å². The highest BCUT2D eigenvalue weighted by molar-refractivity contribution is 5.76. The van der Waals surface area contributed by atoms with Crippen LogP contribution >= 0.6 is 0 Å². The van der Waals surface area contributed by atoms with Crippen LogP contribution in [-0.4, -0.2) is 37.0 Å². The van der Waals surface area contributed by atoms with E-state index in [0.29, 0.717) is 18.8 Å². The Hall–Kier alpha value is -1.59. The first-order chi connectivity index (χ1) is 8.74. The van der Waals surface area contributed by atoms with Gasteiger partial charge in [0.2, 0.25) is 0 Å². The van der Waals surface area contributed by atoms with Crippen molar-refractivity contribution in [2.45, 2.75) is 19.1 Å². The molecule has 1 aliphatic rings. The van der Waals surface area contributed by atoms with Crippen molar-refractivity contribution >= 4 is 5.97 Å². The number of carbonyl (C=O) groups is 1. The van der Waals surface area contributed by atoms with Crippen molar-refractivity contribution in [3.05, 3.63) is 29.8 Å². The minimum atomic E-state index is -0.827. The Balaban J connectivity index is 2.23. The maximum Gasteiger partial charge on any atom is 0.338 e. The van der Waals surface area contributed by atoms with Crippen LogP contribution < -0.4 is 0 Å². The minimum absolute atomic E-state index is 0.0855. The maximum absolute atomic E-state index is 11.8. The van der Waals surface area contributed by atoms with Crippen LogP contribution in [0.15, 0.2) is 24.3 Å². The van der Waals surface area contributed by atoms with E-state index in [-0.39, 0.29) is 12.4 Å². The summed E-state index contributed by atoms with van der Waals surface area (Å²) in [6.45, 7) is 2.74. The second kappa shape index (κ2) is 5.84. The van der Waals surface area contributed by atoms with E-state index >= 15 is 0 Å². The first-order valence-electron chi connectivity index (χ1n) is 5.91. The van der Waals surface area contributed by atoms with Gasteiger partial charge >= 0.3 is 5.97 Å². The number of benzene rings is 1. The summed E-state index contributed by atoms with van der Waals surface area (Å²) in [6.07, 6.45) is -1.45. The number of rotatable bonds is 3. The molecule has 0 aliphatic carbocycles. The zero-order chi connectivity index (χ0) is 13.0. The van der Waals surface area contributed by atoms with Gasteiger partial charge in [-0.25, -0.2) is 4.79 Å². The van der Waals surface area contributed by atoms with Crippen molar-refractivity contribution in [3.63, 3.8) is 0 Å². The number of carbonyl (C=O) groups excluding carboxylic acids is 1. The van der Waals surface area contributed by atoms with Gasteiger partial charge < -0.3 is 19.3 Å². The topological polar surface area (TPSA) is 65.0 Å². The number of esters is 1. The highest BCUT2D eigenvalue weighted by Crippen LogP contribution is 2.32. The van der Waals surface area contributed by atoms with E-state index in [4.69, 9.17) is 14.2 Å². The fourth-order valence-electron chi connectivity index (χ4n) is 1.92. The summed E-state index contributed by atoms with van der Waals surface area (Å²) in [4.78, 5) is 11.8. The lowest BCUT2D eigenvalue weighted by molar-refractivity contribution is -0.186. The molecule has 98 valence electrons. The predicted octanol–water partition coefficient (Wildman–Crippen LogP) is 1.41. The smallest absolute Gasteiger partial charge is 0.338 e. The zero-order valence-corrected chi connectivity index (χ0v) is 10.2. The summed E-state index contributed by atoms with van der Waals surface area (Å²) in [5, 5.41) is 9.80. The summed E-state index contributed by atoms with van der Waals surface area (Å²) in [6, 6.07) is 6.74. The molecule has 1 heterocycles. The Labute approximate surface area is 105 Å². The van der Waals surface area contributed by atoms with E-state index in [2.05, 4.69) is 0 Å². The van der Waals surface area contributed by atoms with Crippen LogP contribution in [0.25, 0.3) is 0 Å². The van der Waals surface area contributed by atoms with Crippen LogP contribution in [-0.2, 0) is 19.0 Å². The van der Waals surface area contributed by atoms with E-state index in [9.17, 15) is 9.90 Å². The number of aromatic hydroxyl groups is 1. The third-order valence-corrected chi connectivity index (χ3v) is 2.72. The number of ether oxygens (including phenoxy) is 3. The van der Waals surface area contributed by atoms with Crippen LogP contribution in [0.1, 0.15) is 18.6 Å². The average Bonchev–Trinajstić information content (AvgIpc) is 2.40. The molecule has 2 atom stereocenters. The molecule has 0 aromatic heterocycles. The van der Waals surface area contributed by atoms with Crippen molar-refractivity contribution in [3.8, 4) is 5.75 Å². The molecule has 0 bridgehead atoms. The third-order valence-electron chi connectivity index (χ3n) is 2.72. The van der Waals surface area contributed by atoms with E-state index in [1.807, 2.05) is 0 Å². The molecule has 5 nitrogen and oxygen atoms in total. The van der Waals surface area contributed by atoms with Crippen LogP contribution in [0.3, 0.4) is 0 Å². The second-order valence-corrected chi connectivity index (χ2v) is 3.89. The first-order valence-corrected chi connectivity index (χ1v) is 5.91. The summed E-state index contributed by atoms with van der Waals surface area (Å²) in [5.74, 6) is -0.382. The molecule has 0 spiro atoms. The Bertz CT molecular complexity index is 418. The number of hydrogen-bond donors (Lipinski definition) is 1. The fraction of sp³-hybridized carbons (Fsp3) is 0.462. The number of phenols is 1. The zero-order valence-electron chi connectivity index (χ0n) is 10.2. The molecule has 0 radical (unpaired) electrons. The Morgan fingerprint density at radius 1 is 1.39 bits per heavy atom. The standard InChI is InChI=1S/C13H16O5/c1-2-16-13(15)12-11(17-7-8-18-12)9-5-3-4-6-10(9)14/h3-6,11-12,14H,2,7-8H2,1H3. The molecule has 2 rings (SSSR count). The first kappa shape index (κ1) is 12.9. The highest BCUT2D eigenvalue weighted by atomic mass is 16.6. The number of phenolic OH excluding ortho intramolecular Hbond substituents is 1. The Morgan fingerprint density at radius 2 is 2.11 bits per heavy atom. The van der Waals surface area contributed by atoms with E-state index in [0.717, 1.165) is 0 Å². The fourth-order valence-corrected chi connectivity index (χ4v) is 1.92. The van der Waals surface area contributed by atoms with Gasteiger partial charge in [0, 0.05) is 5.56 Å². The van der Waals surface area contributed by atoms with Crippen molar-refractivity contribution in [1.29, 1.82) is 0 Å². The molecule has 1 saturated heterocycles. The molecule has 1 fully saturated rings. The third kappa shape index (κ3) is 2.63. The largest absolute Gasteiger partial charge is 0.508 e. The number of para-hydroxylation sites is 1. The van der Waals surface area contributed by atoms with Gasteiger partial charge in [-0.1, -0.05) is 18.2 Å². The minimum Gasteiger partial charge on any atom is -0.508 e. The molecule has 1 aromatic carbocycles. The molecule has 1 N–H and O–H groups in total. The molecule has 1 aromatic rings. The SMILES string of the molecule is CCOC(=O)C1OCCOC1c1ccccc1O. The van der Waals surface area contributed by atoms with Gasteiger partial charge in [-0.2, -0.15) is 0 Å². The monoisotopic (exact) mass is 252 g/mol. The average molecular weight is 252 g/mol. The quantitative estimate of drug-likeness (QED) is 0.824. The molecular weight excluding hydrogens is 236 g/mol. The van der Waals surface area contributed by atoms with Gasteiger partial charge in [0.25, 0.3) is 0 Å². The normalized spacial score (nSPS) is 23.6. The molecule has 0 saturated carbocycles. The molecular formula is C13H16O5. The summed E-state index contributed by atoms with van der Waals surface area (Å²) in [7, 11) is 0. The van der Waals surface area contributed by atoms with Crippen molar-refractivity contribution in [1.82, 2.24) is 0 Å². The van der Waals surface area contributed by atoms with Crippen LogP contribution in [0.5, 0.6) is 5.75 Å². The highest BCUT2D eigenvalue weighted by Gasteiger charge is 2.36. The van der Waals surface area contributed by atoms with E-state index < -0.39 is 18.2 Å². The van der Waals surface area contributed by atoms with Gasteiger partial charge in [0.15, 0.2) is 6.10 Å². The molecule has 1 aliphatic heterocycles. The lowest BCUT2D eigenvalue weighted by Gasteiger charge is -2.30. The summed E-state index contributed by atoms with van der Waals surface area (Å²) < 4.78 is 15.9. The maximum atomic E-state index is 11.8. The lowest BCUT2D eigenvalue weighted by atomic mass is 10.0. The van der Waals surface area contributed by atoms with E-state index in [1.54, 1.807) is 31.2 Å². The van der Waals surface area contributed by atoms with Crippen LogP contribution in [0.2, 0.25) is 0 Å². The van der Waals surface area contributed by atoms with Gasteiger partial charge in [-0.3, -0.25) is 0 Å². The van der Waals surface area contributed by atoms with E-state index in [1.165, 1.54) is 0 Å². The predicted molar refractivity (Wildman–Crippen MR) is 63.2 cm³/mol. The van der Waals surface area contributed by atoms with Crippen molar-refractivity contribution in [2.75, 3.05) is 19.8 Å². The van der Waals surface area contributed by atoms with Gasteiger partial charge in [-0.15, -0.1) is 0 Å². The van der Waals surface area contributed by atoms with Crippen molar-refractivity contribution < 1.29 is 24.1 Å². The molecule has 18 heavy (non-hydrogen) atoms. The van der Waals surface area contributed by atoms with Crippen LogP contribution in [0, 0.1) is 0 Å². The van der Waals surface area contributed by atoms with Crippen molar-refractivity contribution in [2.24, 2.45) is 0 Å². The number of hydrogen-bond acceptors (Lipinski definition) is 5. The second-order valence-electron chi connectivity index (χ2n) is 3.89. The van der Waals surface area contributed by atoms with Gasteiger partial charge in [-0.05, 0) is 13.0 Å². The Morgan fingerprint density at radius 3 is 2.83 bits per heavy atom. The van der Waals surface area contributed by atoms with Gasteiger partial charge in [0.1, 0.15) is 11.9 Å². The summed E-state index contributed by atoms with van der Waals surface area (Å²) >= 11 is 0. The summed E-state index contributed by atoms with van der Waals surface area (Å²) in [5.41, 5.74) is 0.537. The van der Waals surface area contributed by atoms with Gasteiger partial charge in [0.05, 0.1) is 19.8 Å². The molecule has 5 heteroatoms. The Kier molecular flexibility index (Phi) is 4.17. The molecule has 0 amide bonds. The lowest BCUT2D eigenvalue weighted by Crippen LogP contribution is -2.39.